The van der Waals surface area contributed by atoms with Crippen LogP contribution in [-0.4, -0.2) is 47.6 Å². The molecular formula is C21H33IN6O2. The van der Waals surface area contributed by atoms with Crippen LogP contribution in [0.4, 0.5) is 0 Å². The van der Waals surface area contributed by atoms with Crippen molar-refractivity contribution < 1.29 is 9.47 Å². The van der Waals surface area contributed by atoms with Crippen molar-refractivity contribution in [1.82, 2.24) is 25.4 Å². The van der Waals surface area contributed by atoms with E-state index in [1.54, 1.807) is 7.05 Å². The number of fused-ring (bicyclic) bond motifs is 1. The van der Waals surface area contributed by atoms with Crippen molar-refractivity contribution in [3.8, 4) is 5.75 Å². The quantitative estimate of drug-likeness (QED) is 0.226. The molecule has 0 atom stereocenters. The third-order valence-electron chi connectivity index (χ3n) is 4.93. The average molecular weight is 528 g/mol. The molecule has 2 heterocycles. The largest absolute Gasteiger partial charge is 0.491 e. The van der Waals surface area contributed by atoms with E-state index >= 15 is 0 Å². The van der Waals surface area contributed by atoms with Gasteiger partial charge in [0, 0.05) is 38.7 Å². The second-order valence-corrected chi connectivity index (χ2v) is 7.08. The van der Waals surface area contributed by atoms with Crippen molar-refractivity contribution in [3.05, 3.63) is 41.0 Å². The molecule has 0 unspecified atom stereocenters. The van der Waals surface area contributed by atoms with E-state index in [1.165, 1.54) is 18.4 Å². The number of aliphatic imine (C=N–C) groups is 1. The highest BCUT2D eigenvalue weighted by Crippen LogP contribution is 2.20. The summed E-state index contributed by atoms with van der Waals surface area (Å²) in [5.41, 5.74) is 2.24. The van der Waals surface area contributed by atoms with Crippen molar-refractivity contribution in [2.24, 2.45) is 4.99 Å². The summed E-state index contributed by atoms with van der Waals surface area (Å²) in [4.78, 5) is 4.32. The normalized spacial score (nSPS) is 13.4. The molecule has 3 rings (SSSR count). The fourth-order valence-corrected chi connectivity index (χ4v) is 3.36. The number of halogens is 1. The van der Waals surface area contributed by atoms with Gasteiger partial charge in [0.1, 0.15) is 18.2 Å². The van der Waals surface area contributed by atoms with E-state index in [0.717, 1.165) is 41.9 Å². The van der Waals surface area contributed by atoms with E-state index in [0.29, 0.717) is 32.9 Å². The molecule has 8 nitrogen and oxygen atoms in total. The summed E-state index contributed by atoms with van der Waals surface area (Å²) in [6.07, 6.45) is 3.39. The van der Waals surface area contributed by atoms with Gasteiger partial charge in [0.05, 0.1) is 13.2 Å². The molecule has 2 aromatic rings. The van der Waals surface area contributed by atoms with Gasteiger partial charge in [0.2, 0.25) is 0 Å². The first-order valence-corrected chi connectivity index (χ1v) is 10.4. The number of benzene rings is 1. The van der Waals surface area contributed by atoms with Gasteiger partial charge in [-0.3, -0.25) is 4.99 Å². The zero-order valence-corrected chi connectivity index (χ0v) is 20.4. The monoisotopic (exact) mass is 528 g/mol. The van der Waals surface area contributed by atoms with Crippen LogP contribution in [-0.2, 0) is 30.8 Å². The summed E-state index contributed by atoms with van der Waals surface area (Å²) >= 11 is 0. The van der Waals surface area contributed by atoms with Crippen LogP contribution in [0.25, 0.3) is 0 Å². The molecule has 0 spiro atoms. The van der Waals surface area contributed by atoms with E-state index in [2.05, 4.69) is 55.5 Å². The SMILES string of the molecule is CCOCCOc1cc(C)ccc1CNC(=NC)NCc1nnc2n1CCCC2.I. The minimum absolute atomic E-state index is 0. The number of hydrogen-bond acceptors (Lipinski definition) is 5. The molecule has 0 saturated carbocycles. The van der Waals surface area contributed by atoms with Crippen LogP contribution in [0.1, 0.15) is 42.5 Å². The van der Waals surface area contributed by atoms with Crippen molar-refractivity contribution in [2.45, 2.75) is 52.7 Å². The molecule has 1 aromatic heterocycles. The topological polar surface area (TPSA) is 85.6 Å². The van der Waals surface area contributed by atoms with Gasteiger partial charge >= 0.3 is 0 Å². The molecule has 2 N–H and O–H groups in total. The Kier molecular flexibility index (Phi) is 10.4. The maximum absolute atomic E-state index is 5.92. The maximum Gasteiger partial charge on any atom is 0.191 e. The Morgan fingerprint density at radius 2 is 2.00 bits per heavy atom. The lowest BCUT2D eigenvalue weighted by Crippen LogP contribution is -2.37. The fraction of sp³-hybridized carbons (Fsp3) is 0.571. The van der Waals surface area contributed by atoms with Crippen LogP contribution in [0.3, 0.4) is 0 Å². The van der Waals surface area contributed by atoms with Crippen LogP contribution < -0.4 is 15.4 Å². The first-order chi connectivity index (χ1) is 14.2. The van der Waals surface area contributed by atoms with Gasteiger partial charge in [0.25, 0.3) is 0 Å². The first kappa shape index (κ1) is 24.4. The second kappa shape index (κ2) is 12.7. The van der Waals surface area contributed by atoms with Crippen LogP contribution in [0.2, 0.25) is 0 Å². The molecule has 1 aliphatic rings. The number of rotatable bonds is 9. The Morgan fingerprint density at radius 3 is 2.80 bits per heavy atom. The Hall–Kier alpha value is -1.88. The molecule has 0 aliphatic carbocycles. The molecular weight excluding hydrogens is 495 g/mol. The van der Waals surface area contributed by atoms with Crippen molar-refractivity contribution in [1.29, 1.82) is 0 Å². The molecule has 0 fully saturated rings. The van der Waals surface area contributed by atoms with E-state index < -0.39 is 0 Å². The summed E-state index contributed by atoms with van der Waals surface area (Å²) < 4.78 is 13.5. The van der Waals surface area contributed by atoms with Gasteiger partial charge < -0.3 is 24.7 Å². The molecule has 0 bridgehead atoms. The third kappa shape index (κ3) is 6.83. The van der Waals surface area contributed by atoms with E-state index in [1.807, 2.05) is 6.92 Å². The van der Waals surface area contributed by atoms with Crippen LogP contribution in [0, 0.1) is 6.92 Å². The minimum Gasteiger partial charge on any atom is -0.491 e. The summed E-state index contributed by atoms with van der Waals surface area (Å²) in [6.45, 7) is 8.07. The Balaban J connectivity index is 0.00000320. The number of ether oxygens (including phenoxy) is 2. The number of guanidine groups is 1. The number of aryl methyl sites for hydroxylation is 2. The van der Waals surface area contributed by atoms with Crippen LogP contribution >= 0.6 is 24.0 Å². The van der Waals surface area contributed by atoms with Gasteiger partial charge in [0.15, 0.2) is 11.8 Å². The molecule has 0 amide bonds. The minimum atomic E-state index is 0. The average Bonchev–Trinajstić information content (AvgIpc) is 3.15. The number of aromatic nitrogens is 3. The highest BCUT2D eigenvalue weighted by molar-refractivity contribution is 14.0. The number of hydrogen-bond donors (Lipinski definition) is 2. The van der Waals surface area contributed by atoms with E-state index in [4.69, 9.17) is 9.47 Å². The Morgan fingerprint density at radius 1 is 1.17 bits per heavy atom. The summed E-state index contributed by atoms with van der Waals surface area (Å²) in [7, 11) is 1.77. The molecule has 30 heavy (non-hydrogen) atoms. The van der Waals surface area contributed by atoms with Crippen LogP contribution in [0.5, 0.6) is 5.75 Å². The zero-order valence-electron chi connectivity index (χ0n) is 18.1. The lowest BCUT2D eigenvalue weighted by Gasteiger charge is -2.17. The summed E-state index contributed by atoms with van der Waals surface area (Å²) in [6, 6.07) is 6.23. The van der Waals surface area contributed by atoms with Crippen molar-refractivity contribution >= 4 is 29.9 Å². The second-order valence-electron chi connectivity index (χ2n) is 7.08. The lowest BCUT2D eigenvalue weighted by atomic mass is 10.1. The van der Waals surface area contributed by atoms with Crippen LogP contribution in [0.15, 0.2) is 23.2 Å². The number of nitrogens with one attached hydrogen (secondary N) is 2. The molecule has 166 valence electrons. The van der Waals surface area contributed by atoms with Crippen molar-refractivity contribution in [3.63, 3.8) is 0 Å². The van der Waals surface area contributed by atoms with E-state index in [-0.39, 0.29) is 24.0 Å². The van der Waals surface area contributed by atoms with E-state index in [9.17, 15) is 0 Å². The first-order valence-electron chi connectivity index (χ1n) is 10.4. The summed E-state index contributed by atoms with van der Waals surface area (Å²) in [5, 5.41) is 15.3. The number of nitrogens with zero attached hydrogens (tertiary/aromatic N) is 4. The highest BCUT2D eigenvalue weighted by Gasteiger charge is 2.15. The molecule has 0 saturated heterocycles. The Bertz CT molecular complexity index is 824. The standard InChI is InChI=1S/C21H32N6O2.HI/c1-4-28-11-12-29-18-13-16(2)8-9-17(18)14-23-21(22-3)24-15-20-26-25-19-7-5-6-10-27(19)20;/h8-9,13H,4-7,10-12,14-15H2,1-3H3,(H2,22,23,24);1H. The van der Waals surface area contributed by atoms with Gasteiger partial charge in [-0.15, -0.1) is 34.2 Å². The van der Waals surface area contributed by atoms with Gasteiger partial charge in [-0.2, -0.15) is 0 Å². The molecule has 0 radical (unpaired) electrons. The Labute approximate surface area is 195 Å². The van der Waals surface area contributed by atoms with Gasteiger partial charge in [-0.25, -0.2) is 0 Å². The van der Waals surface area contributed by atoms with Gasteiger partial charge in [-0.05, 0) is 38.3 Å². The molecule has 9 heteroatoms. The van der Waals surface area contributed by atoms with Gasteiger partial charge in [-0.1, -0.05) is 12.1 Å². The zero-order chi connectivity index (χ0) is 20.5. The highest BCUT2D eigenvalue weighted by atomic mass is 127. The maximum atomic E-state index is 5.92. The molecule has 1 aromatic carbocycles. The predicted molar refractivity (Wildman–Crippen MR) is 129 cm³/mol. The van der Waals surface area contributed by atoms with Crippen molar-refractivity contribution in [2.75, 3.05) is 26.9 Å². The lowest BCUT2D eigenvalue weighted by molar-refractivity contribution is 0.110. The smallest absolute Gasteiger partial charge is 0.191 e. The third-order valence-corrected chi connectivity index (χ3v) is 4.93. The molecule has 1 aliphatic heterocycles. The predicted octanol–water partition coefficient (Wildman–Crippen LogP) is 2.82. The summed E-state index contributed by atoms with van der Waals surface area (Å²) in [5.74, 6) is 3.64. The fourth-order valence-electron chi connectivity index (χ4n) is 3.36.